The molecule has 0 radical (unpaired) electrons. The second kappa shape index (κ2) is 8.66. The number of hydrogen-bond acceptors (Lipinski definition) is 7. The highest BCUT2D eigenvalue weighted by atomic mass is 32.2. The van der Waals surface area contributed by atoms with E-state index in [0.717, 1.165) is 47.3 Å². The van der Waals surface area contributed by atoms with Gasteiger partial charge in [-0.3, -0.25) is 4.79 Å². The average Bonchev–Trinajstić information content (AvgIpc) is 3.43. The van der Waals surface area contributed by atoms with Crippen molar-refractivity contribution in [2.24, 2.45) is 17.8 Å². The molecule has 0 aromatic carbocycles. The van der Waals surface area contributed by atoms with E-state index in [4.69, 9.17) is 4.74 Å². The van der Waals surface area contributed by atoms with E-state index in [1.165, 1.54) is 48.8 Å². The molecule has 6 atom stereocenters. The highest BCUT2D eigenvalue weighted by molar-refractivity contribution is 8.02. The zero-order valence-electron chi connectivity index (χ0n) is 16.1. The molecule has 6 unspecified atom stereocenters. The topological polar surface area (TPSA) is 76.1 Å². The van der Waals surface area contributed by atoms with Crippen LogP contribution in [0.4, 0.5) is 5.13 Å². The number of nitrogens with zero attached hydrogens (tertiary/aromatic N) is 2. The van der Waals surface area contributed by atoms with Crippen molar-refractivity contribution in [2.75, 3.05) is 18.5 Å². The fourth-order valence-corrected chi connectivity index (χ4v) is 6.81. The van der Waals surface area contributed by atoms with Gasteiger partial charge in [0.2, 0.25) is 11.0 Å². The van der Waals surface area contributed by atoms with E-state index in [2.05, 4.69) is 27.8 Å². The number of amides is 1. The summed E-state index contributed by atoms with van der Waals surface area (Å²) in [6.07, 6.45) is 7.94. The molecule has 2 aliphatic carbocycles. The van der Waals surface area contributed by atoms with Crippen LogP contribution in [0.2, 0.25) is 0 Å². The smallest absolute Gasteiger partial charge is 0.233 e. The second-order valence-corrected chi connectivity index (χ2v) is 10.9. The number of rotatable bonds is 8. The van der Waals surface area contributed by atoms with Gasteiger partial charge in [0.1, 0.15) is 0 Å². The van der Waals surface area contributed by atoms with Crippen molar-refractivity contribution in [1.82, 2.24) is 15.5 Å². The van der Waals surface area contributed by atoms with Crippen molar-refractivity contribution in [3.05, 3.63) is 0 Å². The summed E-state index contributed by atoms with van der Waals surface area (Å²) in [5.74, 6) is 2.52. The molecule has 3 aliphatic rings. The first-order chi connectivity index (χ1) is 13.1. The Kier molecular flexibility index (Phi) is 6.24. The lowest BCUT2D eigenvalue weighted by Crippen LogP contribution is -2.43. The van der Waals surface area contributed by atoms with Gasteiger partial charge in [-0.25, -0.2) is 0 Å². The Balaban J connectivity index is 1.22. The molecule has 1 amide bonds. The number of carbonyl (C=O) groups excluding carboxylic acids is 1. The van der Waals surface area contributed by atoms with E-state index in [1.807, 2.05) is 6.92 Å². The SMILES string of the molecule is CC(Sc1nnc(NCC2CCCO2)s1)C(=O)NC(C)C1CC2CCC1C2. The lowest BCUT2D eigenvalue weighted by molar-refractivity contribution is -0.121. The Morgan fingerprint density at radius 3 is 2.89 bits per heavy atom. The first kappa shape index (κ1) is 19.5. The van der Waals surface area contributed by atoms with Crippen LogP contribution in [0.5, 0.6) is 0 Å². The van der Waals surface area contributed by atoms with E-state index in [0.29, 0.717) is 5.92 Å². The van der Waals surface area contributed by atoms with Crippen molar-refractivity contribution >= 4 is 34.1 Å². The van der Waals surface area contributed by atoms with Crippen LogP contribution in [0.1, 0.15) is 52.4 Å². The maximum Gasteiger partial charge on any atom is 0.233 e. The first-order valence-electron chi connectivity index (χ1n) is 10.2. The number of anilines is 1. The van der Waals surface area contributed by atoms with Crippen LogP contribution < -0.4 is 10.6 Å². The zero-order valence-corrected chi connectivity index (χ0v) is 17.8. The molecule has 1 aliphatic heterocycles. The summed E-state index contributed by atoms with van der Waals surface area (Å²) in [7, 11) is 0. The highest BCUT2D eigenvalue weighted by Crippen LogP contribution is 2.49. The number of thioether (sulfide) groups is 1. The Bertz CT molecular complexity index is 649. The molecule has 2 heterocycles. The average molecular weight is 411 g/mol. The van der Waals surface area contributed by atoms with Gasteiger partial charge in [-0.05, 0) is 63.7 Å². The van der Waals surface area contributed by atoms with Crippen LogP contribution in [-0.2, 0) is 9.53 Å². The minimum absolute atomic E-state index is 0.110. The molecular weight excluding hydrogens is 380 g/mol. The maximum atomic E-state index is 12.6. The standard InChI is InChI=1S/C19H30N4O2S2/c1-11(16-9-13-5-6-14(16)8-13)21-17(24)12(2)26-19-23-22-18(27-19)20-10-15-4-3-7-25-15/h11-16H,3-10H2,1-2H3,(H,20,22)(H,21,24). The maximum absolute atomic E-state index is 12.6. The molecule has 27 heavy (non-hydrogen) atoms. The summed E-state index contributed by atoms with van der Waals surface area (Å²) in [4.78, 5) is 12.6. The molecule has 150 valence electrons. The van der Waals surface area contributed by atoms with E-state index in [-0.39, 0.29) is 23.3 Å². The molecule has 1 aromatic rings. The van der Waals surface area contributed by atoms with Gasteiger partial charge in [0.25, 0.3) is 0 Å². The lowest BCUT2D eigenvalue weighted by atomic mass is 9.84. The monoisotopic (exact) mass is 410 g/mol. The minimum Gasteiger partial charge on any atom is -0.376 e. The predicted octanol–water partition coefficient (Wildman–Crippen LogP) is 3.55. The number of nitrogens with one attached hydrogen (secondary N) is 2. The van der Waals surface area contributed by atoms with E-state index in [1.54, 1.807) is 0 Å². The van der Waals surface area contributed by atoms with Crippen LogP contribution in [0.3, 0.4) is 0 Å². The van der Waals surface area contributed by atoms with Crippen molar-refractivity contribution in [3.63, 3.8) is 0 Å². The molecule has 4 rings (SSSR count). The molecule has 2 bridgehead atoms. The fraction of sp³-hybridized carbons (Fsp3) is 0.842. The van der Waals surface area contributed by atoms with Gasteiger partial charge in [-0.1, -0.05) is 29.5 Å². The summed E-state index contributed by atoms with van der Waals surface area (Å²) in [6, 6.07) is 0.272. The van der Waals surface area contributed by atoms with E-state index in [9.17, 15) is 4.79 Å². The Labute approximate surface area is 169 Å². The molecule has 3 fully saturated rings. The molecule has 1 aromatic heterocycles. The number of carbonyl (C=O) groups is 1. The van der Waals surface area contributed by atoms with Crippen molar-refractivity contribution in [1.29, 1.82) is 0 Å². The van der Waals surface area contributed by atoms with E-state index >= 15 is 0 Å². The Morgan fingerprint density at radius 1 is 1.30 bits per heavy atom. The minimum atomic E-state index is -0.162. The Morgan fingerprint density at radius 2 is 2.19 bits per heavy atom. The number of fused-ring (bicyclic) bond motifs is 2. The molecule has 1 saturated heterocycles. The fourth-order valence-electron chi connectivity index (χ4n) is 4.90. The van der Waals surface area contributed by atoms with Crippen LogP contribution in [-0.4, -0.2) is 46.7 Å². The van der Waals surface area contributed by atoms with Crippen molar-refractivity contribution in [3.8, 4) is 0 Å². The Hall–Kier alpha value is -0.860. The number of aromatic nitrogens is 2. The van der Waals surface area contributed by atoms with E-state index < -0.39 is 0 Å². The largest absolute Gasteiger partial charge is 0.376 e. The summed E-state index contributed by atoms with van der Waals surface area (Å²) < 4.78 is 6.44. The molecular formula is C19H30N4O2S2. The zero-order chi connectivity index (χ0) is 18.8. The van der Waals surface area contributed by atoms with Gasteiger partial charge in [-0.15, -0.1) is 10.2 Å². The first-order valence-corrected chi connectivity index (χ1v) is 11.9. The summed E-state index contributed by atoms with van der Waals surface area (Å²) >= 11 is 3.00. The van der Waals surface area contributed by atoms with Crippen molar-refractivity contribution < 1.29 is 9.53 Å². The third-order valence-electron chi connectivity index (χ3n) is 6.36. The van der Waals surface area contributed by atoms with Gasteiger partial charge in [0.05, 0.1) is 11.4 Å². The number of ether oxygens (including phenoxy) is 1. The summed E-state index contributed by atoms with van der Waals surface area (Å²) in [5.41, 5.74) is 0. The highest BCUT2D eigenvalue weighted by Gasteiger charge is 2.42. The molecule has 0 spiro atoms. The summed E-state index contributed by atoms with van der Waals surface area (Å²) in [6.45, 7) is 5.76. The van der Waals surface area contributed by atoms with Gasteiger partial charge >= 0.3 is 0 Å². The molecule has 8 heteroatoms. The molecule has 2 N–H and O–H groups in total. The van der Waals surface area contributed by atoms with Gasteiger partial charge in [-0.2, -0.15) is 0 Å². The van der Waals surface area contributed by atoms with Crippen molar-refractivity contribution in [2.45, 2.75) is 74.1 Å². The third kappa shape index (κ3) is 4.77. The van der Waals surface area contributed by atoms with Gasteiger partial charge < -0.3 is 15.4 Å². The van der Waals surface area contributed by atoms with Gasteiger partial charge in [0, 0.05) is 19.2 Å². The lowest BCUT2D eigenvalue weighted by Gasteiger charge is -2.29. The van der Waals surface area contributed by atoms with Crippen LogP contribution in [0.25, 0.3) is 0 Å². The third-order valence-corrected chi connectivity index (χ3v) is 8.43. The van der Waals surface area contributed by atoms with Crippen LogP contribution in [0.15, 0.2) is 4.34 Å². The molecule has 2 saturated carbocycles. The van der Waals surface area contributed by atoms with Gasteiger partial charge in [0.15, 0.2) is 4.34 Å². The molecule has 6 nitrogen and oxygen atoms in total. The van der Waals surface area contributed by atoms with Crippen LogP contribution >= 0.6 is 23.1 Å². The normalized spacial score (nSPS) is 31.8. The summed E-state index contributed by atoms with van der Waals surface area (Å²) in [5, 5.41) is 15.6. The van der Waals surface area contributed by atoms with Crippen LogP contribution in [0, 0.1) is 17.8 Å². The second-order valence-electron chi connectivity index (χ2n) is 8.29. The predicted molar refractivity (Wildman–Crippen MR) is 109 cm³/mol. The quantitative estimate of drug-likeness (QED) is 0.638. The number of hydrogen-bond donors (Lipinski definition) is 2.